The third-order valence-electron chi connectivity index (χ3n) is 1.98. The molecule has 0 bridgehead atoms. The minimum Gasteiger partial charge on any atom is -0.480 e. The SMILES string of the molecule is CC(C)(C)OC(=O)N(CC(=O)O)c1ccccc1.NC=S. The number of carboxylic acids is 1. The average Bonchev–Trinajstić information content (AvgIpc) is 2.35. The van der Waals surface area contributed by atoms with Crippen LogP contribution in [0, 0.1) is 0 Å². The van der Waals surface area contributed by atoms with E-state index in [0.717, 1.165) is 10.4 Å². The lowest BCUT2D eigenvalue weighted by Gasteiger charge is -2.26. The summed E-state index contributed by atoms with van der Waals surface area (Å²) in [6, 6.07) is 8.57. The summed E-state index contributed by atoms with van der Waals surface area (Å²) in [5.41, 5.74) is 5.45. The van der Waals surface area contributed by atoms with Gasteiger partial charge in [-0.2, -0.15) is 0 Å². The first-order valence-corrected chi connectivity index (χ1v) is 6.61. The van der Waals surface area contributed by atoms with Crippen molar-refractivity contribution >= 4 is 35.5 Å². The molecule has 1 aromatic rings. The van der Waals surface area contributed by atoms with E-state index in [0.29, 0.717) is 5.69 Å². The number of ether oxygens (including phenoxy) is 1. The Morgan fingerprint density at radius 3 is 2.19 bits per heavy atom. The van der Waals surface area contributed by atoms with Crippen LogP contribution < -0.4 is 10.6 Å². The molecule has 1 rings (SSSR count). The van der Waals surface area contributed by atoms with Crippen molar-refractivity contribution in [1.29, 1.82) is 0 Å². The van der Waals surface area contributed by atoms with Gasteiger partial charge in [0.05, 0.1) is 5.49 Å². The van der Waals surface area contributed by atoms with Crippen LogP contribution >= 0.6 is 12.2 Å². The molecular weight excluding hydrogens is 292 g/mol. The molecule has 21 heavy (non-hydrogen) atoms. The van der Waals surface area contributed by atoms with E-state index in [1.54, 1.807) is 51.1 Å². The van der Waals surface area contributed by atoms with Crippen LogP contribution in [0.1, 0.15) is 20.8 Å². The summed E-state index contributed by atoms with van der Waals surface area (Å²) in [5.74, 6) is -1.09. The van der Waals surface area contributed by atoms with Crippen LogP contribution in [0.15, 0.2) is 30.3 Å². The smallest absolute Gasteiger partial charge is 0.415 e. The molecule has 0 fully saturated rings. The minimum atomic E-state index is -1.09. The van der Waals surface area contributed by atoms with Gasteiger partial charge >= 0.3 is 12.1 Å². The van der Waals surface area contributed by atoms with Gasteiger partial charge in [0.15, 0.2) is 0 Å². The highest BCUT2D eigenvalue weighted by molar-refractivity contribution is 7.78. The Morgan fingerprint density at radius 2 is 1.81 bits per heavy atom. The highest BCUT2D eigenvalue weighted by Gasteiger charge is 2.24. The number of nitrogens with two attached hydrogens (primary N) is 1. The average molecular weight is 312 g/mol. The van der Waals surface area contributed by atoms with E-state index in [4.69, 9.17) is 9.84 Å². The van der Waals surface area contributed by atoms with Crippen LogP contribution in [0.25, 0.3) is 0 Å². The number of para-hydroxylation sites is 1. The number of nitrogens with zero attached hydrogens (tertiary/aromatic N) is 1. The molecule has 0 aromatic heterocycles. The van der Waals surface area contributed by atoms with Gasteiger partial charge in [0.1, 0.15) is 12.1 Å². The van der Waals surface area contributed by atoms with Gasteiger partial charge in [0, 0.05) is 5.69 Å². The zero-order valence-electron chi connectivity index (χ0n) is 12.3. The largest absolute Gasteiger partial charge is 0.480 e. The quantitative estimate of drug-likeness (QED) is 0.833. The van der Waals surface area contributed by atoms with E-state index in [2.05, 4.69) is 18.0 Å². The fraction of sp³-hybridized carbons (Fsp3) is 0.357. The number of anilines is 1. The molecule has 116 valence electrons. The maximum atomic E-state index is 11.9. The van der Waals surface area contributed by atoms with E-state index in [1.807, 2.05) is 0 Å². The van der Waals surface area contributed by atoms with Crippen LogP contribution in [0.2, 0.25) is 0 Å². The number of benzene rings is 1. The number of hydrogen-bond donors (Lipinski definition) is 2. The molecule has 0 aliphatic heterocycles. The van der Waals surface area contributed by atoms with Crippen molar-refractivity contribution in [2.45, 2.75) is 26.4 Å². The standard InChI is InChI=1S/C13H17NO4.CH3NS/c1-13(2,3)18-12(17)14(9-11(15)16)10-7-5-4-6-8-10;2-1-3/h4-8H,9H2,1-3H3,(H,15,16);1H,(H2,2,3). The van der Waals surface area contributed by atoms with E-state index in [9.17, 15) is 9.59 Å². The van der Waals surface area contributed by atoms with Crippen molar-refractivity contribution in [3.05, 3.63) is 30.3 Å². The Balaban J connectivity index is 0.00000122. The van der Waals surface area contributed by atoms with Crippen molar-refractivity contribution in [2.24, 2.45) is 5.73 Å². The van der Waals surface area contributed by atoms with E-state index in [-0.39, 0.29) is 0 Å². The summed E-state index contributed by atoms with van der Waals surface area (Å²) in [4.78, 5) is 23.8. The number of carbonyl (C=O) groups excluding carboxylic acids is 1. The predicted octanol–water partition coefficient (Wildman–Crippen LogP) is 2.42. The maximum absolute atomic E-state index is 11.9. The van der Waals surface area contributed by atoms with Crippen molar-refractivity contribution in [1.82, 2.24) is 0 Å². The zero-order chi connectivity index (χ0) is 16.5. The van der Waals surface area contributed by atoms with E-state index >= 15 is 0 Å². The van der Waals surface area contributed by atoms with Crippen LogP contribution in [-0.2, 0) is 9.53 Å². The van der Waals surface area contributed by atoms with Crippen molar-refractivity contribution in [2.75, 3.05) is 11.4 Å². The number of carboxylic acid groups (broad SMARTS) is 1. The van der Waals surface area contributed by atoms with Crippen LogP contribution in [0.4, 0.5) is 10.5 Å². The molecule has 0 saturated heterocycles. The lowest BCUT2D eigenvalue weighted by Crippen LogP contribution is -2.39. The second-order valence-corrected chi connectivity index (χ2v) is 5.20. The fourth-order valence-electron chi connectivity index (χ4n) is 1.32. The summed E-state index contributed by atoms with van der Waals surface area (Å²) in [6.07, 6.45) is -0.670. The molecule has 1 aromatic carbocycles. The molecule has 0 heterocycles. The highest BCUT2D eigenvalue weighted by Crippen LogP contribution is 2.17. The van der Waals surface area contributed by atoms with E-state index in [1.165, 1.54) is 0 Å². The number of rotatable bonds is 3. The molecule has 0 aliphatic rings. The van der Waals surface area contributed by atoms with Crippen molar-refractivity contribution < 1.29 is 19.4 Å². The monoisotopic (exact) mass is 312 g/mol. The van der Waals surface area contributed by atoms with Gasteiger partial charge in [0.25, 0.3) is 0 Å². The lowest BCUT2D eigenvalue weighted by molar-refractivity contribution is -0.135. The Morgan fingerprint density at radius 1 is 1.33 bits per heavy atom. The first-order valence-electron chi connectivity index (χ1n) is 6.14. The number of aliphatic carboxylic acids is 1. The molecule has 1 amide bonds. The molecule has 0 aliphatic carbocycles. The van der Waals surface area contributed by atoms with Gasteiger partial charge in [-0.25, -0.2) is 4.79 Å². The second-order valence-electron chi connectivity index (χ2n) is 4.93. The molecule has 3 N–H and O–H groups in total. The molecule has 0 radical (unpaired) electrons. The van der Waals surface area contributed by atoms with Gasteiger partial charge < -0.3 is 15.6 Å². The third-order valence-corrected chi connectivity index (χ3v) is 1.98. The number of amides is 1. The van der Waals surface area contributed by atoms with Gasteiger partial charge in [-0.3, -0.25) is 9.69 Å². The number of carbonyl (C=O) groups is 2. The third kappa shape index (κ3) is 8.59. The van der Waals surface area contributed by atoms with Crippen LogP contribution in [0.5, 0.6) is 0 Å². The van der Waals surface area contributed by atoms with Crippen LogP contribution in [0.3, 0.4) is 0 Å². The van der Waals surface area contributed by atoms with Gasteiger partial charge in [-0.15, -0.1) is 0 Å². The molecule has 6 nitrogen and oxygen atoms in total. The minimum absolute atomic E-state index is 0.432. The molecule has 7 heteroatoms. The predicted molar refractivity (Wildman–Crippen MR) is 85.5 cm³/mol. The molecule has 0 saturated carbocycles. The molecular formula is C14H20N2O4S. The zero-order valence-corrected chi connectivity index (χ0v) is 13.1. The Bertz CT molecular complexity index is 472. The Kier molecular flexibility index (Phi) is 8.00. The Labute approximate surface area is 129 Å². The summed E-state index contributed by atoms with van der Waals surface area (Å²) >= 11 is 4.05. The lowest BCUT2D eigenvalue weighted by atomic mass is 10.2. The topological polar surface area (TPSA) is 92.9 Å². The van der Waals surface area contributed by atoms with E-state index < -0.39 is 24.2 Å². The van der Waals surface area contributed by atoms with Gasteiger partial charge in [-0.05, 0) is 32.9 Å². The molecule has 0 spiro atoms. The first-order chi connectivity index (χ1) is 9.71. The summed E-state index contributed by atoms with van der Waals surface area (Å²) < 4.78 is 5.18. The maximum Gasteiger partial charge on any atom is 0.415 e. The van der Waals surface area contributed by atoms with Crippen molar-refractivity contribution in [3.8, 4) is 0 Å². The highest BCUT2D eigenvalue weighted by atomic mass is 32.1. The fourth-order valence-corrected chi connectivity index (χ4v) is 1.32. The summed E-state index contributed by atoms with van der Waals surface area (Å²) in [7, 11) is 0. The van der Waals surface area contributed by atoms with Gasteiger partial charge in [0.2, 0.25) is 0 Å². The van der Waals surface area contributed by atoms with Crippen molar-refractivity contribution in [3.63, 3.8) is 0 Å². The Hall–Kier alpha value is -2.15. The summed E-state index contributed by atoms with van der Waals surface area (Å²) in [6.45, 7) is 4.76. The molecule has 0 unspecified atom stereocenters. The number of thiocarbonyl (C=S) groups is 1. The summed E-state index contributed by atoms with van der Waals surface area (Å²) in [5, 5.41) is 8.84. The van der Waals surface area contributed by atoms with Crippen LogP contribution in [-0.4, -0.2) is 34.8 Å². The normalized spacial score (nSPS) is 9.86. The second kappa shape index (κ2) is 8.91. The first kappa shape index (κ1) is 18.9. The van der Waals surface area contributed by atoms with Gasteiger partial charge in [-0.1, -0.05) is 30.4 Å². The number of hydrogen-bond acceptors (Lipinski definition) is 4. The molecule has 0 atom stereocenters.